The summed E-state index contributed by atoms with van der Waals surface area (Å²) in [6, 6.07) is 18.4. The Balaban J connectivity index is 0.00000208. The van der Waals surface area contributed by atoms with Crippen molar-refractivity contribution < 1.29 is 4.79 Å². The van der Waals surface area contributed by atoms with Gasteiger partial charge in [-0.2, -0.15) is 0 Å². The molecular formula is C19H22BrClN2O. The summed E-state index contributed by atoms with van der Waals surface area (Å²) in [7, 11) is 0. The van der Waals surface area contributed by atoms with Gasteiger partial charge in [-0.3, -0.25) is 4.79 Å². The van der Waals surface area contributed by atoms with E-state index in [1.54, 1.807) is 0 Å². The number of nitrogens with zero attached hydrogens (tertiary/aromatic N) is 1. The van der Waals surface area contributed by atoms with Gasteiger partial charge in [-0.15, -0.1) is 12.4 Å². The molecule has 0 unspecified atom stereocenters. The van der Waals surface area contributed by atoms with E-state index < -0.39 is 0 Å². The van der Waals surface area contributed by atoms with Crippen LogP contribution in [0.25, 0.3) is 0 Å². The van der Waals surface area contributed by atoms with Crippen LogP contribution in [0, 0.1) is 0 Å². The molecule has 5 heteroatoms. The van der Waals surface area contributed by atoms with Crippen LogP contribution in [-0.4, -0.2) is 29.9 Å². The van der Waals surface area contributed by atoms with E-state index in [1.807, 2.05) is 35.2 Å². The number of rotatable bonds is 4. The van der Waals surface area contributed by atoms with E-state index in [1.165, 1.54) is 11.1 Å². The SMILES string of the molecule is Cl.N[C@@H]1CN(C(=O)CCc2ccc(Br)cc2)C[C@H]1c1ccccc1. The molecule has 0 aromatic heterocycles. The summed E-state index contributed by atoms with van der Waals surface area (Å²) in [6.45, 7) is 1.38. The number of benzene rings is 2. The Hall–Kier alpha value is -1.36. The van der Waals surface area contributed by atoms with Gasteiger partial charge in [0.15, 0.2) is 0 Å². The fourth-order valence-corrected chi connectivity index (χ4v) is 3.41. The molecule has 0 saturated carbocycles. The summed E-state index contributed by atoms with van der Waals surface area (Å²) in [4.78, 5) is 14.4. The predicted molar refractivity (Wildman–Crippen MR) is 103 cm³/mol. The monoisotopic (exact) mass is 408 g/mol. The van der Waals surface area contributed by atoms with Gasteiger partial charge in [0.2, 0.25) is 5.91 Å². The Kier molecular flexibility index (Phi) is 6.84. The third kappa shape index (κ3) is 4.59. The average molecular weight is 410 g/mol. The van der Waals surface area contributed by atoms with Crippen LogP contribution >= 0.6 is 28.3 Å². The summed E-state index contributed by atoms with van der Waals surface area (Å²) in [5.41, 5.74) is 8.67. The van der Waals surface area contributed by atoms with E-state index in [9.17, 15) is 4.79 Å². The van der Waals surface area contributed by atoms with Crippen molar-refractivity contribution in [1.82, 2.24) is 4.90 Å². The smallest absolute Gasteiger partial charge is 0.222 e. The number of likely N-dealkylation sites (tertiary alicyclic amines) is 1. The van der Waals surface area contributed by atoms with E-state index in [0.29, 0.717) is 13.0 Å². The van der Waals surface area contributed by atoms with Crippen LogP contribution in [0.3, 0.4) is 0 Å². The molecule has 1 saturated heterocycles. The van der Waals surface area contributed by atoms with Gasteiger partial charge in [-0.25, -0.2) is 0 Å². The quantitative estimate of drug-likeness (QED) is 0.836. The minimum Gasteiger partial charge on any atom is -0.340 e. The number of halogens is 2. The van der Waals surface area contributed by atoms with Crippen molar-refractivity contribution >= 4 is 34.2 Å². The number of amides is 1. The lowest BCUT2D eigenvalue weighted by atomic mass is 9.95. The van der Waals surface area contributed by atoms with Crippen molar-refractivity contribution in [2.24, 2.45) is 5.73 Å². The maximum atomic E-state index is 12.5. The zero-order valence-electron chi connectivity index (χ0n) is 13.4. The lowest BCUT2D eigenvalue weighted by molar-refractivity contribution is -0.130. The zero-order chi connectivity index (χ0) is 16.2. The second kappa shape index (κ2) is 8.65. The van der Waals surface area contributed by atoms with Crippen LogP contribution in [0.2, 0.25) is 0 Å². The first-order chi connectivity index (χ1) is 11.1. The molecule has 0 aliphatic carbocycles. The summed E-state index contributed by atoms with van der Waals surface area (Å²) in [5.74, 6) is 0.439. The molecule has 0 radical (unpaired) electrons. The topological polar surface area (TPSA) is 46.3 Å². The van der Waals surface area contributed by atoms with Gasteiger partial charge in [-0.05, 0) is 29.7 Å². The number of hydrogen-bond acceptors (Lipinski definition) is 2. The molecule has 2 aromatic carbocycles. The molecule has 1 amide bonds. The maximum absolute atomic E-state index is 12.5. The van der Waals surface area contributed by atoms with Gasteiger partial charge in [-0.1, -0.05) is 58.4 Å². The Labute approximate surface area is 157 Å². The molecule has 1 heterocycles. The number of aryl methyl sites for hydroxylation is 1. The lowest BCUT2D eigenvalue weighted by Gasteiger charge is -2.16. The molecule has 2 N–H and O–H groups in total. The first-order valence-corrected chi connectivity index (χ1v) is 8.75. The molecule has 1 aliphatic rings. The van der Waals surface area contributed by atoms with Crippen LogP contribution < -0.4 is 5.73 Å². The molecule has 3 rings (SSSR count). The van der Waals surface area contributed by atoms with E-state index in [4.69, 9.17) is 5.73 Å². The van der Waals surface area contributed by atoms with Crippen molar-refractivity contribution in [2.45, 2.75) is 24.8 Å². The van der Waals surface area contributed by atoms with Crippen LogP contribution in [0.4, 0.5) is 0 Å². The van der Waals surface area contributed by atoms with Gasteiger partial charge in [0.05, 0.1) is 0 Å². The van der Waals surface area contributed by atoms with Crippen LogP contribution in [-0.2, 0) is 11.2 Å². The first kappa shape index (κ1) is 19.0. The number of carbonyl (C=O) groups excluding carboxylic acids is 1. The first-order valence-electron chi connectivity index (χ1n) is 7.96. The van der Waals surface area contributed by atoms with E-state index in [-0.39, 0.29) is 30.3 Å². The van der Waals surface area contributed by atoms with Crippen LogP contribution in [0.1, 0.15) is 23.5 Å². The Morgan fingerprint density at radius 3 is 2.42 bits per heavy atom. The standard InChI is InChI=1S/C19H21BrN2O.ClH/c20-16-9-6-14(7-10-16)8-11-19(23)22-12-17(18(21)13-22)15-4-2-1-3-5-15;/h1-7,9-10,17-18H,8,11-13,21H2;1H/t17-,18+;/m0./s1. The molecule has 2 atom stereocenters. The molecule has 3 nitrogen and oxygen atoms in total. The zero-order valence-corrected chi connectivity index (χ0v) is 15.8. The minimum atomic E-state index is 0. The van der Waals surface area contributed by atoms with E-state index in [2.05, 4.69) is 40.2 Å². The third-order valence-corrected chi connectivity index (χ3v) is 5.02. The van der Waals surface area contributed by atoms with Gasteiger partial charge < -0.3 is 10.6 Å². The summed E-state index contributed by atoms with van der Waals surface area (Å²) < 4.78 is 1.06. The Morgan fingerprint density at radius 2 is 1.75 bits per heavy atom. The molecule has 0 spiro atoms. The normalized spacial score (nSPS) is 19.8. The molecule has 128 valence electrons. The lowest BCUT2D eigenvalue weighted by Crippen LogP contribution is -2.32. The number of hydrogen-bond donors (Lipinski definition) is 1. The molecule has 24 heavy (non-hydrogen) atoms. The van der Waals surface area contributed by atoms with Crippen molar-refractivity contribution in [1.29, 1.82) is 0 Å². The second-order valence-corrected chi connectivity index (χ2v) is 7.02. The minimum absolute atomic E-state index is 0. The molecule has 0 bridgehead atoms. The second-order valence-electron chi connectivity index (χ2n) is 6.11. The van der Waals surface area contributed by atoms with Crippen molar-refractivity contribution in [3.05, 3.63) is 70.2 Å². The fraction of sp³-hybridized carbons (Fsp3) is 0.316. The van der Waals surface area contributed by atoms with Crippen molar-refractivity contribution in [3.63, 3.8) is 0 Å². The van der Waals surface area contributed by atoms with Crippen molar-refractivity contribution in [2.75, 3.05) is 13.1 Å². The Morgan fingerprint density at radius 1 is 1.08 bits per heavy atom. The van der Waals surface area contributed by atoms with Gasteiger partial charge >= 0.3 is 0 Å². The largest absolute Gasteiger partial charge is 0.340 e. The number of carbonyl (C=O) groups is 1. The van der Waals surface area contributed by atoms with Crippen LogP contribution in [0.5, 0.6) is 0 Å². The summed E-state index contributed by atoms with van der Waals surface area (Å²) >= 11 is 3.43. The Bertz CT molecular complexity index is 663. The highest BCUT2D eigenvalue weighted by Crippen LogP contribution is 2.27. The van der Waals surface area contributed by atoms with Gasteiger partial charge in [0, 0.05) is 35.9 Å². The number of nitrogens with two attached hydrogens (primary N) is 1. The molecule has 1 fully saturated rings. The van der Waals surface area contributed by atoms with E-state index >= 15 is 0 Å². The third-order valence-electron chi connectivity index (χ3n) is 4.49. The highest BCUT2D eigenvalue weighted by molar-refractivity contribution is 9.10. The highest BCUT2D eigenvalue weighted by atomic mass is 79.9. The molecule has 1 aliphatic heterocycles. The van der Waals surface area contributed by atoms with Gasteiger partial charge in [0.1, 0.15) is 0 Å². The fourth-order valence-electron chi connectivity index (χ4n) is 3.15. The average Bonchev–Trinajstić information content (AvgIpc) is 2.97. The summed E-state index contributed by atoms with van der Waals surface area (Å²) in [6.07, 6.45) is 1.31. The molecule has 2 aromatic rings. The molecular weight excluding hydrogens is 388 g/mol. The highest BCUT2D eigenvalue weighted by Gasteiger charge is 2.33. The van der Waals surface area contributed by atoms with Crippen molar-refractivity contribution in [3.8, 4) is 0 Å². The summed E-state index contributed by atoms with van der Waals surface area (Å²) in [5, 5.41) is 0. The maximum Gasteiger partial charge on any atom is 0.222 e. The predicted octanol–water partition coefficient (Wildman–Crippen LogP) is 3.76. The van der Waals surface area contributed by atoms with Crippen LogP contribution in [0.15, 0.2) is 59.1 Å². The van der Waals surface area contributed by atoms with E-state index in [0.717, 1.165) is 17.4 Å². The van der Waals surface area contributed by atoms with Gasteiger partial charge in [0.25, 0.3) is 0 Å².